The van der Waals surface area contributed by atoms with Gasteiger partial charge in [0.05, 0.1) is 12.2 Å². The molecule has 1 heterocycles. The molecular weight excluding hydrogens is 366 g/mol. The number of nitrogens with zero attached hydrogens (tertiary/aromatic N) is 1. The number of methoxy groups -OCH3 is 1. The Morgan fingerprint density at radius 3 is 2.67 bits per heavy atom. The zero-order chi connectivity index (χ0) is 20.0. The average Bonchev–Trinajstić information content (AvgIpc) is 3.10. The van der Waals surface area contributed by atoms with Gasteiger partial charge in [-0.2, -0.15) is 8.78 Å². The Balaban J connectivity index is 2.17. The van der Waals surface area contributed by atoms with Crippen molar-refractivity contribution in [3.63, 3.8) is 0 Å². The van der Waals surface area contributed by atoms with Crippen LogP contribution in [-0.4, -0.2) is 66.7 Å². The maximum Gasteiger partial charge on any atom is 0.387 e. The van der Waals surface area contributed by atoms with E-state index >= 15 is 0 Å². The Morgan fingerprint density at radius 2 is 2.04 bits per heavy atom. The molecule has 1 fully saturated rings. The number of alkyl halides is 2. The molecule has 10 heteroatoms. The first-order valence-electron chi connectivity index (χ1n) is 8.22. The summed E-state index contributed by atoms with van der Waals surface area (Å²) in [6.07, 6.45) is 0.846. The monoisotopic (exact) mass is 386 g/mol. The van der Waals surface area contributed by atoms with Crippen LogP contribution in [0.25, 0.3) is 0 Å². The zero-order valence-corrected chi connectivity index (χ0v) is 14.6. The molecule has 0 radical (unpaired) electrons. The largest absolute Gasteiger partial charge is 0.480 e. The number of ether oxygens (including phenoxy) is 2. The molecule has 1 aromatic carbocycles. The number of hydrogen-bond donors (Lipinski definition) is 2. The van der Waals surface area contributed by atoms with Crippen molar-refractivity contribution in [1.82, 2.24) is 10.2 Å². The van der Waals surface area contributed by atoms with E-state index in [-0.39, 0.29) is 24.5 Å². The Morgan fingerprint density at radius 1 is 1.33 bits per heavy atom. The van der Waals surface area contributed by atoms with Crippen LogP contribution in [-0.2, 0) is 14.3 Å². The van der Waals surface area contributed by atoms with Gasteiger partial charge in [-0.25, -0.2) is 4.79 Å². The molecule has 2 amide bonds. The summed E-state index contributed by atoms with van der Waals surface area (Å²) in [5.41, 5.74) is -0.0934. The highest BCUT2D eigenvalue weighted by Crippen LogP contribution is 2.26. The highest BCUT2D eigenvalue weighted by molar-refractivity contribution is 6.00. The van der Waals surface area contributed by atoms with E-state index in [1.807, 2.05) is 0 Å². The maximum atomic E-state index is 12.8. The maximum absolute atomic E-state index is 12.8. The van der Waals surface area contributed by atoms with Crippen LogP contribution in [0.3, 0.4) is 0 Å². The van der Waals surface area contributed by atoms with E-state index in [0.29, 0.717) is 12.8 Å². The van der Waals surface area contributed by atoms with Gasteiger partial charge in [0, 0.05) is 13.7 Å². The summed E-state index contributed by atoms with van der Waals surface area (Å²) < 4.78 is 34.3. The van der Waals surface area contributed by atoms with E-state index in [0.717, 1.165) is 0 Å². The number of halogens is 2. The molecule has 1 aromatic rings. The van der Waals surface area contributed by atoms with Gasteiger partial charge in [0.1, 0.15) is 11.8 Å². The second kappa shape index (κ2) is 9.26. The van der Waals surface area contributed by atoms with Crippen LogP contribution >= 0.6 is 0 Å². The first kappa shape index (κ1) is 20.6. The normalized spacial score (nSPS) is 17.6. The van der Waals surface area contributed by atoms with Crippen molar-refractivity contribution in [3.8, 4) is 5.75 Å². The first-order valence-corrected chi connectivity index (χ1v) is 8.22. The van der Waals surface area contributed by atoms with Gasteiger partial charge in [-0.05, 0) is 25.0 Å². The number of benzene rings is 1. The molecule has 2 rings (SSSR count). The molecule has 27 heavy (non-hydrogen) atoms. The van der Waals surface area contributed by atoms with Crippen molar-refractivity contribution >= 4 is 17.8 Å². The second-order valence-electron chi connectivity index (χ2n) is 5.89. The van der Waals surface area contributed by atoms with Crippen molar-refractivity contribution < 1.29 is 37.7 Å². The molecule has 1 saturated heterocycles. The lowest BCUT2D eigenvalue weighted by atomic mass is 10.1. The van der Waals surface area contributed by atoms with E-state index in [2.05, 4.69) is 10.1 Å². The number of rotatable bonds is 8. The van der Waals surface area contributed by atoms with Gasteiger partial charge in [-0.3, -0.25) is 9.59 Å². The number of likely N-dealkylation sites (tertiary alicyclic amines) is 1. The summed E-state index contributed by atoms with van der Waals surface area (Å²) in [5, 5.41) is 11.4. The third-order valence-electron chi connectivity index (χ3n) is 4.10. The van der Waals surface area contributed by atoms with Crippen LogP contribution in [0.2, 0.25) is 0 Å². The fourth-order valence-corrected chi connectivity index (χ4v) is 2.89. The predicted octanol–water partition coefficient (Wildman–Crippen LogP) is 1.11. The minimum atomic E-state index is -3.10. The fourth-order valence-electron chi connectivity index (χ4n) is 2.89. The number of carbonyl (C=O) groups is 3. The van der Waals surface area contributed by atoms with Crippen molar-refractivity contribution in [2.75, 3.05) is 20.3 Å². The lowest BCUT2D eigenvalue weighted by Gasteiger charge is -2.26. The number of carboxylic acids is 1. The Kier molecular flexibility index (Phi) is 7.05. The molecule has 0 aromatic heterocycles. The number of para-hydroxylation sites is 1. The van der Waals surface area contributed by atoms with E-state index in [4.69, 9.17) is 9.84 Å². The quantitative estimate of drug-likeness (QED) is 0.694. The van der Waals surface area contributed by atoms with Gasteiger partial charge >= 0.3 is 12.6 Å². The average molecular weight is 386 g/mol. The lowest BCUT2D eigenvalue weighted by Crippen LogP contribution is -2.52. The molecule has 2 atom stereocenters. The highest BCUT2D eigenvalue weighted by Gasteiger charge is 2.37. The number of carboxylic acid groups (broad SMARTS) is 1. The number of carbonyl (C=O) groups excluding carboxylic acids is 2. The van der Waals surface area contributed by atoms with Gasteiger partial charge < -0.3 is 24.8 Å². The summed E-state index contributed by atoms with van der Waals surface area (Å²) >= 11 is 0. The van der Waals surface area contributed by atoms with Crippen LogP contribution in [0, 0.1) is 0 Å². The van der Waals surface area contributed by atoms with Gasteiger partial charge in [-0.15, -0.1) is 0 Å². The molecule has 8 nitrogen and oxygen atoms in total. The Hall–Kier alpha value is -2.75. The third kappa shape index (κ3) is 5.13. The molecule has 0 bridgehead atoms. The summed E-state index contributed by atoms with van der Waals surface area (Å²) in [4.78, 5) is 37.7. The van der Waals surface area contributed by atoms with Crippen molar-refractivity contribution in [3.05, 3.63) is 29.8 Å². The van der Waals surface area contributed by atoms with E-state index < -0.39 is 36.5 Å². The number of hydrogen-bond acceptors (Lipinski definition) is 5. The van der Waals surface area contributed by atoms with Crippen LogP contribution in [0.4, 0.5) is 8.78 Å². The summed E-state index contributed by atoms with van der Waals surface area (Å²) in [6, 6.07) is 3.35. The van der Waals surface area contributed by atoms with Crippen LogP contribution in [0.1, 0.15) is 23.2 Å². The molecular formula is C17H20F2N2O6. The van der Waals surface area contributed by atoms with Gasteiger partial charge in [0.2, 0.25) is 5.91 Å². The highest BCUT2D eigenvalue weighted by atomic mass is 19.3. The van der Waals surface area contributed by atoms with Gasteiger partial charge in [0.25, 0.3) is 5.91 Å². The standard InChI is InChI=1S/C17H20F2N2O6/c1-26-9-11(16(24)25)20-14(22)12-6-4-8-21(12)15(23)10-5-2-3-7-13(10)27-17(18)19/h2-3,5,7,11-12,17H,4,6,8-9H2,1H3,(H,20,22)(H,24,25). The second-order valence-corrected chi connectivity index (χ2v) is 5.89. The van der Waals surface area contributed by atoms with Crippen molar-refractivity contribution in [1.29, 1.82) is 0 Å². The van der Waals surface area contributed by atoms with E-state index in [9.17, 15) is 23.2 Å². The van der Waals surface area contributed by atoms with Crippen LogP contribution < -0.4 is 10.1 Å². The summed E-state index contributed by atoms with van der Waals surface area (Å²) in [5.74, 6) is -2.83. The molecule has 1 aliphatic rings. The third-order valence-corrected chi connectivity index (χ3v) is 4.10. The minimum absolute atomic E-state index is 0.0934. The van der Waals surface area contributed by atoms with Crippen molar-refractivity contribution in [2.24, 2.45) is 0 Å². The smallest absolute Gasteiger partial charge is 0.387 e. The van der Waals surface area contributed by atoms with E-state index in [1.165, 1.54) is 36.3 Å². The first-order chi connectivity index (χ1) is 12.8. The topological polar surface area (TPSA) is 105 Å². The van der Waals surface area contributed by atoms with Crippen molar-refractivity contribution in [2.45, 2.75) is 31.5 Å². The summed E-state index contributed by atoms with van der Waals surface area (Å²) in [6.45, 7) is -3.09. The SMILES string of the molecule is COCC(NC(=O)C1CCCN1C(=O)c1ccccc1OC(F)F)C(=O)O. The molecule has 0 spiro atoms. The predicted molar refractivity (Wildman–Crippen MR) is 88.6 cm³/mol. The molecule has 2 unspecified atom stereocenters. The molecule has 2 N–H and O–H groups in total. The van der Waals surface area contributed by atoms with Crippen LogP contribution in [0.5, 0.6) is 5.75 Å². The Labute approximate surface area is 154 Å². The molecule has 148 valence electrons. The Bertz CT molecular complexity index is 700. The van der Waals surface area contributed by atoms with Crippen LogP contribution in [0.15, 0.2) is 24.3 Å². The number of amides is 2. The molecule has 0 saturated carbocycles. The molecule has 0 aliphatic carbocycles. The summed E-state index contributed by atoms with van der Waals surface area (Å²) in [7, 11) is 1.30. The minimum Gasteiger partial charge on any atom is -0.480 e. The van der Waals surface area contributed by atoms with Gasteiger partial charge in [-0.1, -0.05) is 12.1 Å². The number of nitrogens with one attached hydrogen (secondary N) is 1. The molecule has 1 aliphatic heterocycles. The fraction of sp³-hybridized carbons (Fsp3) is 0.471. The zero-order valence-electron chi connectivity index (χ0n) is 14.6. The van der Waals surface area contributed by atoms with Gasteiger partial charge in [0.15, 0.2) is 6.04 Å². The lowest BCUT2D eigenvalue weighted by molar-refractivity contribution is -0.143. The van der Waals surface area contributed by atoms with E-state index in [1.54, 1.807) is 0 Å². The number of aliphatic carboxylic acids is 1.